The van der Waals surface area contributed by atoms with Gasteiger partial charge in [-0.1, -0.05) is 36.4 Å². The minimum Gasteiger partial charge on any atom is -0.396 e. The maximum absolute atomic E-state index is 14.0. The molecule has 0 atom stereocenters. The van der Waals surface area contributed by atoms with Crippen LogP contribution >= 0.6 is 0 Å². The largest absolute Gasteiger partial charge is 0.396 e. The van der Waals surface area contributed by atoms with Gasteiger partial charge in [0.05, 0.1) is 25.2 Å². The molecule has 0 amide bonds. The van der Waals surface area contributed by atoms with E-state index >= 15 is 0 Å². The third-order valence-corrected chi connectivity index (χ3v) is 4.77. The lowest BCUT2D eigenvalue weighted by Gasteiger charge is -2.41. The van der Waals surface area contributed by atoms with Crippen LogP contribution in [0.15, 0.2) is 48.5 Å². The van der Waals surface area contributed by atoms with Gasteiger partial charge >= 0.3 is 0 Å². The van der Waals surface area contributed by atoms with Crippen LogP contribution in [0.5, 0.6) is 0 Å². The van der Waals surface area contributed by atoms with E-state index in [9.17, 15) is 13.9 Å². The molecule has 134 valence electrons. The second-order valence-electron chi connectivity index (χ2n) is 6.82. The molecule has 1 aliphatic rings. The fourth-order valence-electron chi connectivity index (χ4n) is 3.08. The van der Waals surface area contributed by atoms with E-state index in [4.69, 9.17) is 4.74 Å². The van der Waals surface area contributed by atoms with Crippen LogP contribution in [0.1, 0.15) is 11.1 Å². The zero-order valence-corrected chi connectivity index (χ0v) is 14.1. The van der Waals surface area contributed by atoms with Crippen molar-refractivity contribution < 1.29 is 18.6 Å². The Balaban J connectivity index is 1.73. The van der Waals surface area contributed by atoms with Crippen molar-refractivity contribution in [2.24, 2.45) is 5.41 Å². The fraction of sp³-hybridized carbons (Fsp3) is 0.400. The van der Waals surface area contributed by atoms with E-state index in [1.807, 2.05) is 0 Å². The highest BCUT2D eigenvalue weighted by atomic mass is 19.1. The van der Waals surface area contributed by atoms with Crippen molar-refractivity contribution in [3.8, 4) is 0 Å². The molecule has 3 nitrogen and oxygen atoms in total. The van der Waals surface area contributed by atoms with Crippen LogP contribution < -0.4 is 5.32 Å². The molecule has 0 spiro atoms. The topological polar surface area (TPSA) is 41.5 Å². The predicted molar refractivity (Wildman–Crippen MR) is 92.3 cm³/mol. The van der Waals surface area contributed by atoms with E-state index in [0.717, 1.165) is 0 Å². The number of ether oxygens (including phenoxy) is 1. The predicted octanol–water partition coefficient (Wildman–Crippen LogP) is 2.72. The second-order valence-corrected chi connectivity index (χ2v) is 6.82. The van der Waals surface area contributed by atoms with Gasteiger partial charge in [0.1, 0.15) is 11.6 Å². The Bertz CT molecular complexity index is 651. The van der Waals surface area contributed by atoms with Crippen LogP contribution in [0, 0.1) is 17.0 Å². The molecule has 0 unspecified atom stereocenters. The summed E-state index contributed by atoms with van der Waals surface area (Å²) in [5.41, 5.74) is 0.904. The Hall–Kier alpha value is -1.82. The van der Waals surface area contributed by atoms with Gasteiger partial charge in [-0.15, -0.1) is 0 Å². The van der Waals surface area contributed by atoms with Crippen molar-refractivity contribution in [1.82, 2.24) is 5.32 Å². The van der Waals surface area contributed by atoms with E-state index in [0.29, 0.717) is 43.7 Å². The maximum atomic E-state index is 14.0. The zero-order chi connectivity index (χ0) is 17.7. The molecular formula is C20H23F2NO2. The average molecular weight is 347 g/mol. The standard InChI is InChI=1S/C20H23F2NO2/c21-18-7-3-1-5-15(18)9-17(10-16-6-2-4-8-19(16)22)23-11-20(12-24)13-25-14-20/h1-8,17,23-24H,9-14H2. The first-order valence-electron chi connectivity index (χ1n) is 8.51. The molecule has 0 saturated carbocycles. The number of rotatable bonds is 8. The molecular weight excluding hydrogens is 324 g/mol. The molecule has 1 fully saturated rings. The van der Waals surface area contributed by atoms with Crippen LogP contribution in [-0.2, 0) is 17.6 Å². The minimum absolute atomic E-state index is 0.0338. The molecule has 1 aliphatic heterocycles. The van der Waals surface area contributed by atoms with E-state index in [1.54, 1.807) is 36.4 Å². The van der Waals surface area contributed by atoms with Gasteiger partial charge in [0.15, 0.2) is 0 Å². The van der Waals surface area contributed by atoms with Gasteiger partial charge in [-0.05, 0) is 36.1 Å². The Kier molecular flexibility index (Phi) is 5.78. The number of nitrogens with one attached hydrogen (secondary N) is 1. The zero-order valence-electron chi connectivity index (χ0n) is 14.1. The monoisotopic (exact) mass is 347 g/mol. The van der Waals surface area contributed by atoms with Crippen molar-refractivity contribution >= 4 is 0 Å². The Morgan fingerprint density at radius 2 is 1.48 bits per heavy atom. The first-order chi connectivity index (χ1) is 12.1. The van der Waals surface area contributed by atoms with Crippen molar-refractivity contribution in [3.05, 3.63) is 71.3 Å². The quantitative estimate of drug-likeness (QED) is 0.772. The molecule has 25 heavy (non-hydrogen) atoms. The molecule has 3 rings (SSSR count). The smallest absolute Gasteiger partial charge is 0.126 e. The summed E-state index contributed by atoms with van der Waals surface area (Å²) in [6, 6.07) is 13.1. The summed E-state index contributed by atoms with van der Waals surface area (Å²) >= 11 is 0. The van der Waals surface area contributed by atoms with Crippen LogP contribution in [0.25, 0.3) is 0 Å². The lowest BCUT2D eigenvalue weighted by atomic mass is 9.86. The number of hydrogen-bond acceptors (Lipinski definition) is 3. The average Bonchev–Trinajstić information content (AvgIpc) is 2.58. The summed E-state index contributed by atoms with van der Waals surface area (Å²) in [4.78, 5) is 0. The molecule has 2 aromatic rings. The Morgan fingerprint density at radius 1 is 0.960 bits per heavy atom. The van der Waals surface area contributed by atoms with E-state index in [-0.39, 0.29) is 29.7 Å². The summed E-state index contributed by atoms with van der Waals surface area (Å²) in [5.74, 6) is -0.515. The second kappa shape index (κ2) is 8.04. The lowest BCUT2D eigenvalue weighted by Crippen LogP contribution is -2.54. The van der Waals surface area contributed by atoms with Gasteiger partial charge in [0.25, 0.3) is 0 Å². The third kappa shape index (κ3) is 4.42. The first kappa shape index (κ1) is 18.0. The maximum Gasteiger partial charge on any atom is 0.126 e. The van der Waals surface area contributed by atoms with Gasteiger partial charge in [0.2, 0.25) is 0 Å². The van der Waals surface area contributed by atoms with Crippen LogP contribution in [0.3, 0.4) is 0 Å². The van der Waals surface area contributed by atoms with E-state index in [2.05, 4.69) is 5.32 Å². The summed E-state index contributed by atoms with van der Waals surface area (Å²) in [7, 11) is 0. The molecule has 5 heteroatoms. The van der Waals surface area contributed by atoms with Crippen molar-refractivity contribution in [2.45, 2.75) is 18.9 Å². The molecule has 1 saturated heterocycles. The molecule has 1 heterocycles. The number of aliphatic hydroxyl groups excluding tert-OH is 1. The molecule has 0 aliphatic carbocycles. The number of aliphatic hydroxyl groups is 1. The Labute approximate surface area is 146 Å². The van der Waals surface area contributed by atoms with Crippen LogP contribution in [0.2, 0.25) is 0 Å². The van der Waals surface area contributed by atoms with Gasteiger partial charge < -0.3 is 15.2 Å². The van der Waals surface area contributed by atoms with E-state index in [1.165, 1.54) is 12.1 Å². The summed E-state index contributed by atoms with van der Waals surface area (Å²) in [5, 5.41) is 13.0. The minimum atomic E-state index is -0.289. The first-order valence-corrected chi connectivity index (χ1v) is 8.51. The van der Waals surface area contributed by atoms with Crippen LogP contribution in [0.4, 0.5) is 8.78 Å². The normalized spacial score (nSPS) is 16.0. The molecule has 2 N–H and O–H groups in total. The SMILES string of the molecule is OCC1(CNC(Cc2ccccc2F)Cc2ccccc2F)COC1. The number of halogens is 2. The molecule has 0 radical (unpaired) electrons. The molecule has 0 aromatic heterocycles. The summed E-state index contributed by atoms with van der Waals surface area (Å²) < 4.78 is 33.3. The lowest BCUT2D eigenvalue weighted by molar-refractivity contribution is -0.135. The highest BCUT2D eigenvalue weighted by Crippen LogP contribution is 2.26. The highest BCUT2D eigenvalue weighted by Gasteiger charge is 2.38. The van der Waals surface area contributed by atoms with E-state index < -0.39 is 0 Å². The van der Waals surface area contributed by atoms with Crippen molar-refractivity contribution in [1.29, 1.82) is 0 Å². The summed E-state index contributed by atoms with van der Waals surface area (Å²) in [6.45, 7) is 1.59. The van der Waals surface area contributed by atoms with Gasteiger partial charge in [-0.2, -0.15) is 0 Å². The van der Waals surface area contributed by atoms with Gasteiger partial charge in [-0.3, -0.25) is 0 Å². The van der Waals surface area contributed by atoms with Crippen molar-refractivity contribution in [2.75, 3.05) is 26.4 Å². The fourth-order valence-corrected chi connectivity index (χ4v) is 3.08. The highest BCUT2D eigenvalue weighted by molar-refractivity contribution is 5.22. The summed E-state index contributed by atoms with van der Waals surface area (Å²) in [6.07, 6.45) is 0.896. The van der Waals surface area contributed by atoms with Gasteiger partial charge in [-0.25, -0.2) is 8.78 Å². The molecule has 0 bridgehead atoms. The number of hydrogen-bond donors (Lipinski definition) is 2. The van der Waals surface area contributed by atoms with Crippen LogP contribution in [-0.4, -0.2) is 37.5 Å². The number of benzene rings is 2. The van der Waals surface area contributed by atoms with Gasteiger partial charge in [0, 0.05) is 12.6 Å². The molecule has 2 aromatic carbocycles. The Morgan fingerprint density at radius 3 is 1.88 bits per heavy atom. The van der Waals surface area contributed by atoms with Crippen molar-refractivity contribution in [3.63, 3.8) is 0 Å². The third-order valence-electron chi connectivity index (χ3n) is 4.77.